The number of aryl methyl sites for hydroxylation is 1. The molecule has 2 aromatic heterocycles. The van der Waals surface area contributed by atoms with Gasteiger partial charge in [-0.3, -0.25) is 4.79 Å². The largest absolute Gasteiger partial charge is 0.321 e. The molecule has 0 unspecified atom stereocenters. The predicted octanol–water partition coefficient (Wildman–Crippen LogP) is 2.84. The Hall–Kier alpha value is -3.78. The van der Waals surface area contributed by atoms with Crippen LogP contribution in [0.2, 0.25) is 0 Å². The summed E-state index contributed by atoms with van der Waals surface area (Å²) in [5.41, 5.74) is 4.57. The molecule has 31 heavy (non-hydrogen) atoms. The highest BCUT2D eigenvalue weighted by molar-refractivity contribution is 6.06. The summed E-state index contributed by atoms with van der Waals surface area (Å²) in [6.45, 7) is 8.42. The van der Waals surface area contributed by atoms with Gasteiger partial charge < -0.3 is 10.6 Å². The lowest BCUT2D eigenvalue weighted by Gasteiger charge is -2.11. The second-order valence-corrected chi connectivity index (χ2v) is 7.73. The van der Waals surface area contributed by atoms with Crippen molar-refractivity contribution in [2.45, 2.75) is 13.3 Å². The molecule has 2 aliphatic heterocycles. The van der Waals surface area contributed by atoms with Crippen LogP contribution in [0.3, 0.4) is 0 Å². The molecule has 5 rings (SSSR count). The standard InChI is InChI=1S/C23H23N7O/c1-16-4-6-18(7-5-16)30-21(14-20(27-30)17-8-10-24-11-9-17)26-22(31)19-15-25-29-13-3-12-28(2)23(19)29/h3-8,13-15,24H,2,9-12H2,1H3/p+1. The molecule has 0 radical (unpaired) electrons. The van der Waals surface area contributed by atoms with Crippen molar-refractivity contribution in [3.8, 4) is 5.69 Å². The van der Waals surface area contributed by atoms with Crippen LogP contribution in [-0.4, -0.2) is 56.4 Å². The van der Waals surface area contributed by atoms with Crippen LogP contribution in [-0.2, 0) is 0 Å². The Morgan fingerprint density at radius 3 is 2.90 bits per heavy atom. The summed E-state index contributed by atoms with van der Waals surface area (Å²) in [7, 11) is 0. The van der Waals surface area contributed by atoms with Crippen molar-refractivity contribution in [1.82, 2.24) is 24.9 Å². The van der Waals surface area contributed by atoms with E-state index in [1.165, 1.54) is 5.57 Å². The highest BCUT2D eigenvalue weighted by Crippen LogP contribution is 2.27. The first-order valence-electron chi connectivity index (χ1n) is 10.3. The maximum atomic E-state index is 13.2. The quantitative estimate of drug-likeness (QED) is 0.644. The molecule has 0 spiro atoms. The molecule has 1 amide bonds. The van der Waals surface area contributed by atoms with Crippen LogP contribution in [0.4, 0.5) is 11.6 Å². The van der Waals surface area contributed by atoms with Gasteiger partial charge in [0.15, 0.2) is 5.56 Å². The fraction of sp³-hybridized carbons (Fsp3) is 0.217. The zero-order valence-electron chi connectivity index (χ0n) is 17.4. The van der Waals surface area contributed by atoms with Crippen molar-refractivity contribution in [3.05, 3.63) is 65.5 Å². The number of carbonyl (C=O) groups excluding carboxylic acids is 1. The fourth-order valence-electron chi connectivity index (χ4n) is 3.85. The van der Waals surface area contributed by atoms with E-state index in [4.69, 9.17) is 5.10 Å². The molecule has 8 nitrogen and oxygen atoms in total. The van der Waals surface area contributed by atoms with Gasteiger partial charge in [-0.05, 0) is 43.7 Å². The molecule has 0 saturated carbocycles. The summed E-state index contributed by atoms with van der Waals surface area (Å²) in [6.07, 6.45) is 8.41. The van der Waals surface area contributed by atoms with Gasteiger partial charge in [-0.2, -0.15) is 5.10 Å². The molecule has 0 atom stereocenters. The topological polar surface area (TPSA) is 79.8 Å². The number of hydrogen-bond donors (Lipinski definition) is 2. The Balaban J connectivity index is 1.53. The molecule has 1 aromatic carbocycles. The van der Waals surface area contributed by atoms with E-state index in [9.17, 15) is 4.79 Å². The first-order chi connectivity index (χ1) is 15.1. The first-order valence-corrected chi connectivity index (χ1v) is 10.3. The molecule has 4 heterocycles. The average Bonchev–Trinajstić information content (AvgIpc) is 3.40. The zero-order chi connectivity index (χ0) is 21.4. The minimum atomic E-state index is -0.246. The maximum Gasteiger partial charge on any atom is 0.321 e. The monoisotopic (exact) mass is 414 g/mol. The Morgan fingerprint density at radius 1 is 1.29 bits per heavy atom. The van der Waals surface area contributed by atoms with E-state index in [1.54, 1.807) is 20.1 Å². The minimum Gasteiger partial charge on any atom is -0.313 e. The lowest BCUT2D eigenvalue weighted by atomic mass is 10.1. The van der Waals surface area contributed by atoms with Crippen molar-refractivity contribution >= 4 is 36.0 Å². The molecule has 2 aliphatic rings. The van der Waals surface area contributed by atoms with Crippen molar-refractivity contribution in [3.63, 3.8) is 0 Å². The number of nitrogens with zero attached hydrogens (tertiary/aromatic N) is 5. The normalized spacial score (nSPS) is 15.5. The Kier molecular flexibility index (Phi) is 4.83. The van der Waals surface area contributed by atoms with Crippen LogP contribution in [0.15, 0.2) is 48.7 Å². The molecule has 0 bridgehead atoms. The molecule has 0 aliphatic carbocycles. The van der Waals surface area contributed by atoms with Crippen molar-refractivity contribution in [2.24, 2.45) is 0 Å². The number of rotatable bonds is 4. The van der Waals surface area contributed by atoms with Crippen molar-refractivity contribution < 1.29 is 9.37 Å². The lowest BCUT2D eigenvalue weighted by molar-refractivity contribution is -0.426. The van der Waals surface area contributed by atoms with E-state index in [1.807, 2.05) is 49.5 Å². The van der Waals surface area contributed by atoms with Gasteiger partial charge >= 0.3 is 5.82 Å². The van der Waals surface area contributed by atoms with Gasteiger partial charge in [-0.1, -0.05) is 28.9 Å². The van der Waals surface area contributed by atoms with Gasteiger partial charge in [0.25, 0.3) is 5.91 Å². The fourth-order valence-corrected chi connectivity index (χ4v) is 3.85. The van der Waals surface area contributed by atoms with Crippen LogP contribution in [0, 0.1) is 6.92 Å². The maximum absolute atomic E-state index is 13.2. The van der Waals surface area contributed by atoms with Gasteiger partial charge in [0.05, 0.1) is 24.3 Å². The van der Waals surface area contributed by atoms with Crippen LogP contribution < -0.4 is 10.6 Å². The first kappa shape index (κ1) is 19.2. The van der Waals surface area contributed by atoms with Gasteiger partial charge in [0, 0.05) is 12.6 Å². The summed E-state index contributed by atoms with van der Waals surface area (Å²) in [6, 6.07) is 10.0. The van der Waals surface area contributed by atoms with Crippen LogP contribution >= 0.6 is 0 Å². The van der Waals surface area contributed by atoms with E-state index in [0.29, 0.717) is 23.7 Å². The third kappa shape index (κ3) is 3.62. The number of fused-ring (bicyclic) bond motifs is 1. The number of nitrogens with one attached hydrogen (secondary N) is 2. The predicted molar refractivity (Wildman–Crippen MR) is 121 cm³/mol. The smallest absolute Gasteiger partial charge is 0.313 e. The van der Waals surface area contributed by atoms with Crippen LogP contribution in [0.5, 0.6) is 0 Å². The van der Waals surface area contributed by atoms with Crippen LogP contribution in [0.25, 0.3) is 17.5 Å². The third-order valence-corrected chi connectivity index (χ3v) is 5.51. The summed E-state index contributed by atoms with van der Waals surface area (Å²) in [5.74, 6) is 1.04. The number of benzene rings is 1. The molecule has 156 valence electrons. The molecular weight excluding hydrogens is 390 g/mol. The summed E-state index contributed by atoms with van der Waals surface area (Å²) < 4.78 is 5.20. The lowest BCUT2D eigenvalue weighted by Crippen LogP contribution is -2.20. The second kappa shape index (κ2) is 7.81. The van der Waals surface area contributed by atoms with Gasteiger partial charge in [-0.15, -0.1) is 4.68 Å². The number of hydrogen-bond acceptors (Lipinski definition) is 4. The third-order valence-electron chi connectivity index (χ3n) is 5.51. The van der Waals surface area contributed by atoms with E-state index in [-0.39, 0.29) is 5.91 Å². The second-order valence-electron chi connectivity index (χ2n) is 7.73. The number of anilines is 1. The minimum absolute atomic E-state index is 0.246. The van der Waals surface area contributed by atoms with E-state index >= 15 is 0 Å². The molecular formula is C23H24N7O+. The summed E-state index contributed by atoms with van der Waals surface area (Å²) in [4.78, 5) is 13.2. The van der Waals surface area contributed by atoms with E-state index < -0.39 is 0 Å². The van der Waals surface area contributed by atoms with Crippen molar-refractivity contribution in [1.29, 1.82) is 0 Å². The zero-order valence-corrected chi connectivity index (χ0v) is 17.4. The summed E-state index contributed by atoms with van der Waals surface area (Å²) >= 11 is 0. The summed E-state index contributed by atoms with van der Waals surface area (Å²) in [5, 5.41) is 15.5. The van der Waals surface area contributed by atoms with E-state index in [2.05, 4.69) is 28.5 Å². The molecule has 2 N–H and O–H groups in total. The molecule has 3 aromatic rings. The molecule has 0 saturated heterocycles. The molecule has 0 fully saturated rings. The Bertz CT molecular complexity index is 1230. The highest BCUT2D eigenvalue weighted by atomic mass is 16.1. The average molecular weight is 414 g/mol. The van der Waals surface area contributed by atoms with E-state index in [0.717, 1.165) is 36.5 Å². The van der Waals surface area contributed by atoms with Gasteiger partial charge in [0.2, 0.25) is 0 Å². The Morgan fingerprint density at radius 2 is 2.13 bits per heavy atom. The number of amides is 1. The van der Waals surface area contributed by atoms with Crippen molar-refractivity contribution in [2.75, 3.05) is 25.0 Å². The van der Waals surface area contributed by atoms with Gasteiger partial charge in [0.1, 0.15) is 18.6 Å². The molecule has 8 heteroatoms. The van der Waals surface area contributed by atoms with Gasteiger partial charge in [-0.25, -0.2) is 9.26 Å². The number of aromatic nitrogens is 4. The number of carbonyl (C=O) groups is 1. The van der Waals surface area contributed by atoms with Crippen LogP contribution in [0.1, 0.15) is 28.0 Å². The Labute approximate surface area is 180 Å². The SMILES string of the molecule is C=[N+]1CC=Cn2ncc(C(=O)Nc3cc(C4=CCNCC4)nn3-c3ccc(C)cc3)c21. The highest BCUT2D eigenvalue weighted by Gasteiger charge is 2.28.